The number of amides is 3. The van der Waals surface area contributed by atoms with E-state index in [0.717, 1.165) is 25.2 Å². The lowest BCUT2D eigenvalue weighted by Crippen LogP contribution is -2.54. The van der Waals surface area contributed by atoms with Gasteiger partial charge in [-0.1, -0.05) is 19.9 Å². The quantitative estimate of drug-likeness (QED) is 0.694. The van der Waals surface area contributed by atoms with E-state index in [9.17, 15) is 14.4 Å². The molecule has 1 fully saturated rings. The van der Waals surface area contributed by atoms with Crippen molar-refractivity contribution in [2.45, 2.75) is 58.7 Å². The molecule has 3 amide bonds. The molecule has 3 N–H and O–H groups in total. The summed E-state index contributed by atoms with van der Waals surface area (Å²) >= 11 is 0. The average molecular weight is 404 g/mol. The van der Waals surface area contributed by atoms with Gasteiger partial charge in [-0.2, -0.15) is 0 Å². The molecule has 0 aromatic carbocycles. The summed E-state index contributed by atoms with van der Waals surface area (Å²) in [6, 6.07) is 4.51. The first-order chi connectivity index (χ1) is 13.9. The Balaban J connectivity index is 2.06. The Kier molecular flexibility index (Phi) is 9.05. The maximum Gasteiger partial charge on any atom is 0.242 e. The lowest BCUT2D eigenvalue weighted by molar-refractivity contribution is -0.132. The highest BCUT2D eigenvalue weighted by Crippen LogP contribution is 2.07. The number of carbonyl (C=O) groups is 3. The molecule has 0 unspecified atom stereocenters. The molecular formula is C21H33N5O3. The second kappa shape index (κ2) is 11.5. The van der Waals surface area contributed by atoms with Crippen LogP contribution in [0.4, 0.5) is 0 Å². The van der Waals surface area contributed by atoms with Crippen LogP contribution in [0.3, 0.4) is 0 Å². The van der Waals surface area contributed by atoms with E-state index < -0.39 is 12.1 Å². The van der Waals surface area contributed by atoms with Crippen LogP contribution < -0.4 is 16.0 Å². The van der Waals surface area contributed by atoms with Gasteiger partial charge in [-0.3, -0.25) is 24.3 Å². The molecular weight excluding hydrogens is 370 g/mol. The molecule has 2 atom stereocenters. The molecule has 1 aromatic heterocycles. The van der Waals surface area contributed by atoms with Crippen molar-refractivity contribution in [2.24, 2.45) is 5.92 Å². The van der Waals surface area contributed by atoms with Crippen LogP contribution in [0.1, 0.15) is 45.7 Å². The minimum absolute atomic E-state index is 0.0572. The average Bonchev–Trinajstić information content (AvgIpc) is 2.68. The van der Waals surface area contributed by atoms with Gasteiger partial charge in [0.25, 0.3) is 0 Å². The molecule has 8 nitrogen and oxygen atoms in total. The maximum atomic E-state index is 12.5. The van der Waals surface area contributed by atoms with Gasteiger partial charge in [0.15, 0.2) is 0 Å². The molecule has 2 rings (SSSR count). The number of carbonyl (C=O) groups excluding carboxylic acids is 3. The molecule has 8 heteroatoms. The highest BCUT2D eigenvalue weighted by Gasteiger charge is 2.26. The molecule has 0 spiro atoms. The number of rotatable bonds is 3. The van der Waals surface area contributed by atoms with E-state index in [2.05, 4.69) is 25.8 Å². The fourth-order valence-corrected chi connectivity index (χ4v) is 3.27. The van der Waals surface area contributed by atoms with E-state index in [1.807, 2.05) is 32.0 Å². The van der Waals surface area contributed by atoms with Crippen LogP contribution >= 0.6 is 0 Å². The highest BCUT2D eigenvalue weighted by molar-refractivity contribution is 5.91. The zero-order valence-electron chi connectivity index (χ0n) is 17.6. The number of pyridine rings is 1. The Morgan fingerprint density at radius 2 is 1.86 bits per heavy atom. The zero-order valence-corrected chi connectivity index (χ0v) is 17.6. The third-order valence-electron chi connectivity index (χ3n) is 4.96. The van der Waals surface area contributed by atoms with Gasteiger partial charge < -0.3 is 16.0 Å². The Bertz CT molecular complexity index is 680. The summed E-state index contributed by atoms with van der Waals surface area (Å²) in [7, 11) is 0. The Labute approximate surface area is 172 Å². The molecule has 29 heavy (non-hydrogen) atoms. The zero-order chi connectivity index (χ0) is 21.2. The van der Waals surface area contributed by atoms with Crippen LogP contribution in [0.2, 0.25) is 0 Å². The topological polar surface area (TPSA) is 103 Å². The van der Waals surface area contributed by atoms with Gasteiger partial charge in [-0.25, -0.2) is 0 Å². The molecule has 1 aliphatic heterocycles. The predicted molar refractivity (Wildman–Crippen MR) is 111 cm³/mol. The molecule has 1 aliphatic rings. The normalized spacial score (nSPS) is 23.5. The van der Waals surface area contributed by atoms with Crippen molar-refractivity contribution in [1.29, 1.82) is 0 Å². The molecule has 0 aliphatic carbocycles. The second-order valence-electron chi connectivity index (χ2n) is 7.86. The summed E-state index contributed by atoms with van der Waals surface area (Å²) in [5.74, 6) is -0.763. The summed E-state index contributed by atoms with van der Waals surface area (Å²) in [6.07, 6.45) is 3.59. The molecule has 0 bridgehead atoms. The lowest BCUT2D eigenvalue weighted by atomic mass is 10.0. The Morgan fingerprint density at radius 1 is 1.10 bits per heavy atom. The van der Waals surface area contributed by atoms with Crippen LogP contribution in [0.5, 0.6) is 0 Å². The van der Waals surface area contributed by atoms with Gasteiger partial charge in [-0.05, 0) is 44.4 Å². The van der Waals surface area contributed by atoms with Gasteiger partial charge in [0, 0.05) is 32.3 Å². The monoisotopic (exact) mass is 403 g/mol. The van der Waals surface area contributed by atoms with E-state index in [-0.39, 0.29) is 23.6 Å². The second-order valence-corrected chi connectivity index (χ2v) is 7.86. The van der Waals surface area contributed by atoms with Gasteiger partial charge in [0.1, 0.15) is 12.1 Å². The number of hydrogen-bond acceptors (Lipinski definition) is 5. The van der Waals surface area contributed by atoms with E-state index in [1.165, 1.54) is 0 Å². The van der Waals surface area contributed by atoms with E-state index in [4.69, 9.17) is 0 Å². The summed E-state index contributed by atoms with van der Waals surface area (Å²) in [5, 5.41) is 8.42. The fourth-order valence-electron chi connectivity index (χ4n) is 3.27. The smallest absolute Gasteiger partial charge is 0.242 e. The Hall–Kier alpha value is -2.48. The third-order valence-corrected chi connectivity index (χ3v) is 4.96. The van der Waals surface area contributed by atoms with E-state index >= 15 is 0 Å². The van der Waals surface area contributed by atoms with Crippen molar-refractivity contribution >= 4 is 17.7 Å². The molecule has 1 aromatic rings. The SMILES string of the molecule is CC(C)[C@H]1NC(=O)[C@@H](C)NC(=O)CCCN(Cc2ccccn2)CCCNC1=O. The molecule has 1 saturated heterocycles. The standard InChI is InChI=1S/C21H33N5O3/c1-15(2)19-21(29)23-11-7-13-26(14-17-8-4-5-10-22-17)12-6-9-18(27)24-16(3)20(28)25-19/h4-5,8,10,15-16,19H,6-7,9,11-14H2,1-3H3,(H,23,29)(H,24,27)(H,25,28)/t16-,19-/m1/s1. The number of hydrogen-bond donors (Lipinski definition) is 3. The minimum Gasteiger partial charge on any atom is -0.354 e. The highest BCUT2D eigenvalue weighted by atomic mass is 16.2. The van der Waals surface area contributed by atoms with E-state index in [0.29, 0.717) is 25.9 Å². The number of nitrogens with zero attached hydrogens (tertiary/aromatic N) is 2. The summed E-state index contributed by atoms with van der Waals surface area (Å²) in [5.41, 5.74) is 0.974. The van der Waals surface area contributed by atoms with E-state index in [1.54, 1.807) is 13.1 Å². The summed E-state index contributed by atoms with van der Waals surface area (Å²) in [6.45, 7) is 8.16. The maximum absolute atomic E-state index is 12.5. The van der Waals surface area contributed by atoms with Crippen molar-refractivity contribution in [1.82, 2.24) is 25.8 Å². The van der Waals surface area contributed by atoms with Crippen molar-refractivity contribution < 1.29 is 14.4 Å². The largest absolute Gasteiger partial charge is 0.354 e. The molecule has 2 heterocycles. The first kappa shape index (κ1) is 22.8. The van der Waals surface area contributed by atoms with Crippen molar-refractivity contribution in [3.05, 3.63) is 30.1 Å². The number of aromatic nitrogens is 1. The molecule has 0 saturated carbocycles. The predicted octanol–water partition coefficient (Wildman–Crippen LogP) is 0.829. The molecule has 0 radical (unpaired) electrons. The lowest BCUT2D eigenvalue weighted by Gasteiger charge is -2.24. The van der Waals surface area contributed by atoms with Gasteiger partial charge >= 0.3 is 0 Å². The van der Waals surface area contributed by atoms with Gasteiger partial charge in [0.05, 0.1) is 5.69 Å². The van der Waals surface area contributed by atoms with Crippen molar-refractivity contribution in [3.8, 4) is 0 Å². The molecule has 160 valence electrons. The summed E-state index contributed by atoms with van der Waals surface area (Å²) < 4.78 is 0. The van der Waals surface area contributed by atoms with Crippen LogP contribution in [-0.4, -0.2) is 59.3 Å². The van der Waals surface area contributed by atoms with Gasteiger partial charge in [0.2, 0.25) is 17.7 Å². The van der Waals surface area contributed by atoms with Crippen molar-refractivity contribution in [2.75, 3.05) is 19.6 Å². The fraction of sp³-hybridized carbons (Fsp3) is 0.619. The van der Waals surface area contributed by atoms with Crippen LogP contribution in [0, 0.1) is 5.92 Å². The van der Waals surface area contributed by atoms with Crippen LogP contribution in [0.15, 0.2) is 24.4 Å². The van der Waals surface area contributed by atoms with Crippen LogP contribution in [0.25, 0.3) is 0 Å². The minimum atomic E-state index is -0.689. The third kappa shape index (κ3) is 7.81. The first-order valence-electron chi connectivity index (χ1n) is 10.4. The van der Waals surface area contributed by atoms with Crippen LogP contribution in [-0.2, 0) is 20.9 Å². The first-order valence-corrected chi connectivity index (χ1v) is 10.4. The van der Waals surface area contributed by atoms with Gasteiger partial charge in [-0.15, -0.1) is 0 Å². The summed E-state index contributed by atoms with van der Waals surface area (Å²) in [4.78, 5) is 43.8. The number of nitrogens with one attached hydrogen (secondary N) is 3. The Morgan fingerprint density at radius 3 is 2.55 bits per heavy atom. The van der Waals surface area contributed by atoms with Crippen molar-refractivity contribution in [3.63, 3.8) is 0 Å².